The summed E-state index contributed by atoms with van der Waals surface area (Å²) in [7, 11) is 2.28. The fourth-order valence-corrected chi connectivity index (χ4v) is 4.66. The molecule has 0 amide bonds. The highest BCUT2D eigenvalue weighted by Crippen LogP contribution is 2.29. The lowest BCUT2D eigenvalue weighted by atomic mass is 9.81. The molecule has 0 saturated carbocycles. The van der Waals surface area contributed by atoms with Crippen LogP contribution in [0.3, 0.4) is 0 Å². The van der Waals surface area contributed by atoms with Crippen molar-refractivity contribution < 1.29 is 5.11 Å². The molecule has 2 aliphatic carbocycles. The Hall–Kier alpha value is -2.42. The average Bonchev–Trinajstić information content (AvgIpc) is 2.99. The van der Waals surface area contributed by atoms with Gasteiger partial charge in [-0.1, -0.05) is 152 Å². The number of aliphatic hydroxyl groups is 1. The summed E-state index contributed by atoms with van der Waals surface area (Å²) in [5, 5.41) is 10.0. The normalized spacial score (nSPS) is 18.1. The Balaban J connectivity index is 0. The third-order valence-electron chi connectivity index (χ3n) is 7.39. The fourth-order valence-electron chi connectivity index (χ4n) is 4.66. The average molecular weight is 564 g/mol. The molecule has 0 spiro atoms. The van der Waals surface area contributed by atoms with Crippen LogP contribution in [0.5, 0.6) is 0 Å². The van der Waals surface area contributed by atoms with Gasteiger partial charge in [0.05, 0.1) is 0 Å². The molecule has 2 heteroatoms. The van der Waals surface area contributed by atoms with Crippen molar-refractivity contribution in [3.8, 4) is 0 Å². The van der Waals surface area contributed by atoms with Crippen molar-refractivity contribution in [2.75, 3.05) is 20.1 Å². The van der Waals surface area contributed by atoms with E-state index in [0.29, 0.717) is 11.8 Å². The molecule has 1 aromatic carbocycles. The van der Waals surface area contributed by atoms with Crippen molar-refractivity contribution in [2.24, 2.45) is 17.8 Å². The standard InChI is InChI=1S/C21H35N.C13H14O.C3H8.2CH4/c1-6-8-12-19(4)21(20-13-10-9-11-14-20)17-22(5)16-15-18(3)7-2;14-13(11-7-3-1-4-8-11)12-9-5-2-6-10-12;1-3-2;;/h6,8-13,18,20-21H,7,14-17H2,1-5H3;1-5,7-9,13-14H,6,10H2;3H2,1-2H3;2*1H4/b8-6-,19-12+;;;;. The Morgan fingerprint density at radius 2 is 1.73 bits per heavy atom. The van der Waals surface area contributed by atoms with Gasteiger partial charge < -0.3 is 10.0 Å². The summed E-state index contributed by atoms with van der Waals surface area (Å²) in [5.74, 6) is 2.08. The largest absolute Gasteiger partial charge is 0.384 e. The molecule has 0 heterocycles. The lowest BCUT2D eigenvalue weighted by Gasteiger charge is -2.31. The van der Waals surface area contributed by atoms with Gasteiger partial charge >= 0.3 is 0 Å². The Morgan fingerprint density at radius 3 is 2.27 bits per heavy atom. The molecule has 0 aliphatic heterocycles. The lowest BCUT2D eigenvalue weighted by molar-refractivity contribution is 0.211. The Morgan fingerprint density at radius 1 is 1.05 bits per heavy atom. The van der Waals surface area contributed by atoms with E-state index in [-0.39, 0.29) is 14.9 Å². The molecule has 1 N–H and O–H groups in total. The van der Waals surface area contributed by atoms with E-state index < -0.39 is 6.10 Å². The van der Waals surface area contributed by atoms with Gasteiger partial charge in [0.15, 0.2) is 0 Å². The minimum Gasteiger partial charge on any atom is -0.384 e. The van der Waals surface area contributed by atoms with Crippen LogP contribution in [-0.4, -0.2) is 30.1 Å². The first-order chi connectivity index (χ1) is 18.9. The molecule has 0 bridgehead atoms. The van der Waals surface area contributed by atoms with Gasteiger partial charge in [-0.05, 0) is 82.0 Å². The van der Waals surface area contributed by atoms with Crippen LogP contribution in [-0.2, 0) is 0 Å². The molecule has 2 nitrogen and oxygen atoms in total. The third-order valence-corrected chi connectivity index (χ3v) is 7.39. The van der Waals surface area contributed by atoms with Gasteiger partial charge in [0.2, 0.25) is 0 Å². The zero-order chi connectivity index (χ0) is 28.9. The van der Waals surface area contributed by atoms with Crippen LogP contribution in [0, 0.1) is 17.8 Å². The molecular weight excluding hydrogens is 498 g/mol. The van der Waals surface area contributed by atoms with E-state index in [0.717, 1.165) is 36.4 Å². The predicted molar refractivity (Wildman–Crippen MR) is 187 cm³/mol. The molecule has 0 saturated heterocycles. The van der Waals surface area contributed by atoms with E-state index in [9.17, 15) is 5.11 Å². The minimum absolute atomic E-state index is 0. The van der Waals surface area contributed by atoms with Gasteiger partial charge in [0.1, 0.15) is 6.10 Å². The number of allylic oxidation sites excluding steroid dienone is 10. The van der Waals surface area contributed by atoms with Crippen molar-refractivity contribution in [1.82, 2.24) is 4.90 Å². The van der Waals surface area contributed by atoms with E-state index in [1.807, 2.05) is 42.5 Å². The highest BCUT2D eigenvalue weighted by Gasteiger charge is 2.22. The summed E-state index contributed by atoms with van der Waals surface area (Å²) in [6, 6.07) is 9.80. The molecule has 4 unspecified atom stereocenters. The maximum atomic E-state index is 10.0. The number of benzene rings is 1. The highest BCUT2D eigenvalue weighted by molar-refractivity contribution is 5.30. The Kier molecular flexibility index (Phi) is 25.1. The number of rotatable bonds is 11. The number of nitrogens with zero attached hydrogens (tertiary/aromatic N) is 1. The maximum Gasteiger partial charge on any atom is 0.100 e. The lowest BCUT2D eigenvalue weighted by Crippen LogP contribution is -2.32. The van der Waals surface area contributed by atoms with Crippen LogP contribution < -0.4 is 0 Å². The predicted octanol–water partition coefficient (Wildman–Crippen LogP) is 11.3. The molecule has 232 valence electrons. The summed E-state index contributed by atoms with van der Waals surface area (Å²) >= 11 is 0. The van der Waals surface area contributed by atoms with Crippen LogP contribution in [0.25, 0.3) is 0 Å². The quantitative estimate of drug-likeness (QED) is 0.271. The summed E-state index contributed by atoms with van der Waals surface area (Å²) in [5.41, 5.74) is 3.59. The SMILES string of the molecule is C.C.C/C=C\C=C(/C)C(CN(C)CCC(C)CC)C1C=CC=CC1.CCC.OC(C1=CC=CCC1)c1ccccc1. The molecule has 0 fully saturated rings. The summed E-state index contributed by atoms with van der Waals surface area (Å²) < 4.78 is 0. The number of hydrogen-bond acceptors (Lipinski definition) is 2. The maximum absolute atomic E-state index is 10.0. The van der Waals surface area contributed by atoms with Crippen LogP contribution in [0.4, 0.5) is 0 Å². The Labute approximate surface area is 256 Å². The first-order valence-electron chi connectivity index (χ1n) is 15.3. The van der Waals surface area contributed by atoms with Gasteiger partial charge in [-0.25, -0.2) is 0 Å². The fraction of sp³-hybridized carbons (Fsp3) is 0.538. The third kappa shape index (κ3) is 17.2. The molecule has 0 aromatic heterocycles. The van der Waals surface area contributed by atoms with Crippen molar-refractivity contribution in [1.29, 1.82) is 0 Å². The molecule has 41 heavy (non-hydrogen) atoms. The zero-order valence-corrected chi connectivity index (χ0v) is 26.0. The van der Waals surface area contributed by atoms with Crippen LogP contribution >= 0.6 is 0 Å². The van der Waals surface area contributed by atoms with E-state index in [1.165, 1.54) is 37.8 Å². The van der Waals surface area contributed by atoms with Crippen LogP contribution in [0.15, 0.2) is 102 Å². The second kappa shape index (κ2) is 25.3. The summed E-state index contributed by atoms with van der Waals surface area (Å²) in [6.45, 7) is 15.6. The first kappa shape index (κ1) is 40.7. The van der Waals surface area contributed by atoms with Gasteiger partial charge in [0, 0.05) is 6.54 Å². The summed E-state index contributed by atoms with van der Waals surface area (Å²) in [4.78, 5) is 2.52. The van der Waals surface area contributed by atoms with Gasteiger partial charge in [-0.3, -0.25) is 0 Å². The van der Waals surface area contributed by atoms with Crippen molar-refractivity contribution >= 4 is 0 Å². The molecular formula is C39H65NO. The molecule has 0 radical (unpaired) electrons. The van der Waals surface area contributed by atoms with Gasteiger partial charge in [0.25, 0.3) is 0 Å². The summed E-state index contributed by atoms with van der Waals surface area (Å²) in [6.07, 6.45) is 28.4. The molecule has 2 aliphatic rings. The van der Waals surface area contributed by atoms with E-state index in [1.54, 1.807) is 0 Å². The molecule has 3 rings (SSSR count). The van der Waals surface area contributed by atoms with Gasteiger partial charge in [-0.2, -0.15) is 0 Å². The van der Waals surface area contributed by atoms with Crippen LogP contribution in [0.2, 0.25) is 0 Å². The number of hydrogen-bond donors (Lipinski definition) is 1. The molecule has 4 atom stereocenters. The second-order valence-corrected chi connectivity index (χ2v) is 11.0. The first-order valence-corrected chi connectivity index (χ1v) is 15.3. The minimum atomic E-state index is -0.429. The van der Waals surface area contributed by atoms with Crippen molar-refractivity contribution in [2.45, 2.75) is 101 Å². The topological polar surface area (TPSA) is 23.5 Å². The van der Waals surface area contributed by atoms with E-state index in [4.69, 9.17) is 0 Å². The highest BCUT2D eigenvalue weighted by atomic mass is 16.3. The van der Waals surface area contributed by atoms with Crippen molar-refractivity contribution in [3.63, 3.8) is 0 Å². The van der Waals surface area contributed by atoms with E-state index in [2.05, 4.69) is 102 Å². The van der Waals surface area contributed by atoms with Gasteiger partial charge in [-0.15, -0.1) is 0 Å². The van der Waals surface area contributed by atoms with Crippen molar-refractivity contribution in [3.05, 3.63) is 108 Å². The molecule has 1 aromatic rings. The number of aliphatic hydroxyl groups excluding tert-OH is 1. The van der Waals surface area contributed by atoms with Crippen LogP contribution in [0.1, 0.15) is 107 Å². The smallest absolute Gasteiger partial charge is 0.100 e. The van der Waals surface area contributed by atoms with E-state index >= 15 is 0 Å². The monoisotopic (exact) mass is 564 g/mol. The zero-order valence-electron chi connectivity index (χ0n) is 26.0. The Bertz CT molecular complexity index is 934. The second-order valence-electron chi connectivity index (χ2n) is 11.0.